The average molecular weight is 389 g/mol. The van der Waals surface area contributed by atoms with Gasteiger partial charge >= 0.3 is 0 Å². The van der Waals surface area contributed by atoms with Crippen LogP contribution in [0.15, 0.2) is 12.3 Å². The lowest BCUT2D eigenvalue weighted by Gasteiger charge is -2.34. The first-order valence-electron chi connectivity index (χ1n) is 6.87. The third-order valence-corrected chi connectivity index (χ3v) is 4.37. The summed E-state index contributed by atoms with van der Waals surface area (Å²) in [6.45, 7) is 6.72. The van der Waals surface area contributed by atoms with E-state index in [0.29, 0.717) is 11.4 Å². The summed E-state index contributed by atoms with van der Waals surface area (Å²) in [5.41, 5.74) is 0.583. The van der Waals surface area contributed by atoms with E-state index in [-0.39, 0.29) is 5.91 Å². The highest BCUT2D eigenvalue weighted by Gasteiger charge is 2.26. The fourth-order valence-electron chi connectivity index (χ4n) is 2.42. The van der Waals surface area contributed by atoms with Gasteiger partial charge in [-0.2, -0.15) is 0 Å². The van der Waals surface area contributed by atoms with Crippen LogP contribution in [0.3, 0.4) is 0 Å². The Balaban J connectivity index is 2.09. The molecule has 0 bridgehead atoms. The number of piperazine rings is 1. The van der Waals surface area contributed by atoms with Gasteiger partial charge < -0.3 is 9.64 Å². The largest absolute Gasteiger partial charge is 0.480 e. The molecule has 1 aromatic heterocycles. The summed E-state index contributed by atoms with van der Waals surface area (Å²) >= 11 is 2.16. The van der Waals surface area contributed by atoms with Crippen molar-refractivity contribution < 1.29 is 9.53 Å². The van der Waals surface area contributed by atoms with Crippen LogP contribution in [0, 0.1) is 3.57 Å². The molecule has 0 radical (unpaired) electrons. The molecular weight excluding hydrogens is 369 g/mol. The fraction of sp³-hybridized carbons (Fsp3) is 0.571. The van der Waals surface area contributed by atoms with E-state index < -0.39 is 0 Å². The van der Waals surface area contributed by atoms with E-state index in [1.165, 1.54) is 0 Å². The number of ether oxygens (including phenoxy) is 1. The average Bonchev–Trinajstić information content (AvgIpc) is 2.47. The molecule has 0 saturated carbocycles. The smallest absolute Gasteiger partial charge is 0.260 e. The van der Waals surface area contributed by atoms with Crippen molar-refractivity contribution in [2.24, 2.45) is 0 Å². The van der Waals surface area contributed by atoms with Crippen LogP contribution in [0.1, 0.15) is 23.7 Å². The Labute approximate surface area is 133 Å². The van der Waals surface area contributed by atoms with Gasteiger partial charge in [-0.15, -0.1) is 0 Å². The van der Waals surface area contributed by atoms with Crippen LogP contribution in [0.25, 0.3) is 0 Å². The molecule has 1 saturated heterocycles. The number of halogens is 1. The minimum atomic E-state index is 0.0236. The van der Waals surface area contributed by atoms with Crippen LogP contribution in [0.4, 0.5) is 0 Å². The molecule has 5 nitrogen and oxygen atoms in total. The minimum absolute atomic E-state index is 0.0236. The van der Waals surface area contributed by atoms with E-state index in [4.69, 9.17) is 4.74 Å². The quantitative estimate of drug-likeness (QED) is 0.738. The van der Waals surface area contributed by atoms with Gasteiger partial charge in [0.05, 0.1) is 7.11 Å². The van der Waals surface area contributed by atoms with E-state index in [1.54, 1.807) is 13.3 Å². The van der Waals surface area contributed by atoms with E-state index in [0.717, 1.165) is 42.7 Å². The zero-order valence-electron chi connectivity index (χ0n) is 11.9. The summed E-state index contributed by atoms with van der Waals surface area (Å²) in [4.78, 5) is 21.1. The van der Waals surface area contributed by atoms with Crippen molar-refractivity contribution in [2.45, 2.75) is 13.3 Å². The number of carbonyl (C=O) groups excluding carboxylic acids is 1. The maximum absolute atomic E-state index is 12.6. The Morgan fingerprint density at radius 1 is 1.40 bits per heavy atom. The van der Waals surface area contributed by atoms with E-state index >= 15 is 0 Å². The monoisotopic (exact) mass is 389 g/mol. The SMILES string of the molecule is CCCN1CCN(C(=O)c2c(I)ccnc2OC)CC1. The molecule has 6 heteroatoms. The maximum Gasteiger partial charge on any atom is 0.260 e. The highest BCUT2D eigenvalue weighted by molar-refractivity contribution is 14.1. The first-order chi connectivity index (χ1) is 9.67. The van der Waals surface area contributed by atoms with Crippen molar-refractivity contribution >= 4 is 28.5 Å². The summed E-state index contributed by atoms with van der Waals surface area (Å²) in [5.74, 6) is 0.438. The van der Waals surface area contributed by atoms with Crippen molar-refractivity contribution in [1.29, 1.82) is 0 Å². The predicted molar refractivity (Wildman–Crippen MR) is 86.1 cm³/mol. The maximum atomic E-state index is 12.6. The molecule has 0 spiro atoms. The summed E-state index contributed by atoms with van der Waals surface area (Å²) in [5, 5.41) is 0. The molecule has 1 fully saturated rings. The minimum Gasteiger partial charge on any atom is -0.480 e. The van der Waals surface area contributed by atoms with Crippen molar-refractivity contribution in [1.82, 2.24) is 14.8 Å². The Hall–Kier alpha value is -0.890. The standard InChI is InChI=1S/C14H20IN3O2/c1-3-6-17-7-9-18(10-8-17)14(19)12-11(15)4-5-16-13(12)20-2/h4-5H,3,6-10H2,1-2H3. The number of rotatable bonds is 4. The van der Waals surface area contributed by atoms with E-state index in [2.05, 4.69) is 39.4 Å². The Morgan fingerprint density at radius 2 is 2.10 bits per heavy atom. The molecule has 1 aliphatic heterocycles. The Bertz CT molecular complexity index is 473. The van der Waals surface area contributed by atoms with E-state index in [9.17, 15) is 4.79 Å². The molecule has 1 aliphatic rings. The molecule has 2 heterocycles. The molecule has 1 aromatic rings. The third-order valence-electron chi connectivity index (χ3n) is 3.47. The van der Waals surface area contributed by atoms with Crippen LogP contribution in [-0.4, -0.2) is 60.5 Å². The predicted octanol–water partition coefficient (Wildman–Crippen LogP) is 1.86. The summed E-state index contributed by atoms with van der Waals surface area (Å²) in [6.07, 6.45) is 2.82. The molecule has 110 valence electrons. The van der Waals surface area contributed by atoms with Gasteiger partial charge in [-0.1, -0.05) is 6.92 Å². The number of pyridine rings is 1. The van der Waals surface area contributed by atoms with Crippen molar-refractivity contribution in [2.75, 3.05) is 39.8 Å². The van der Waals surface area contributed by atoms with Gasteiger partial charge in [-0.25, -0.2) is 4.98 Å². The topological polar surface area (TPSA) is 45.7 Å². The Kier molecular flexibility index (Phi) is 5.59. The van der Waals surface area contributed by atoms with Crippen molar-refractivity contribution in [3.05, 3.63) is 21.4 Å². The van der Waals surface area contributed by atoms with E-state index in [1.807, 2.05) is 11.0 Å². The van der Waals surface area contributed by atoms with Gasteiger partial charge in [-0.3, -0.25) is 9.69 Å². The molecule has 0 atom stereocenters. The number of nitrogens with zero attached hydrogens (tertiary/aromatic N) is 3. The molecule has 20 heavy (non-hydrogen) atoms. The van der Waals surface area contributed by atoms with Crippen LogP contribution in [-0.2, 0) is 0 Å². The van der Waals surface area contributed by atoms with Crippen molar-refractivity contribution in [3.8, 4) is 5.88 Å². The molecule has 0 unspecified atom stereocenters. The number of aromatic nitrogens is 1. The number of methoxy groups -OCH3 is 1. The van der Waals surface area contributed by atoms with Gasteiger partial charge in [0, 0.05) is 35.9 Å². The summed E-state index contributed by atoms with van der Waals surface area (Å²) in [6, 6.07) is 1.84. The van der Waals surface area contributed by atoms with Gasteiger partial charge in [0.25, 0.3) is 5.91 Å². The molecule has 0 aromatic carbocycles. The van der Waals surface area contributed by atoms with Gasteiger partial charge in [0.2, 0.25) is 5.88 Å². The lowest BCUT2D eigenvalue weighted by Crippen LogP contribution is -2.49. The first-order valence-corrected chi connectivity index (χ1v) is 7.95. The molecular formula is C14H20IN3O2. The second-order valence-electron chi connectivity index (χ2n) is 4.81. The van der Waals surface area contributed by atoms with Gasteiger partial charge in [0.1, 0.15) is 5.56 Å². The summed E-state index contributed by atoms with van der Waals surface area (Å²) in [7, 11) is 1.55. The van der Waals surface area contributed by atoms with Gasteiger partial charge in [0.15, 0.2) is 0 Å². The molecule has 0 N–H and O–H groups in total. The Morgan fingerprint density at radius 3 is 2.70 bits per heavy atom. The summed E-state index contributed by atoms with van der Waals surface area (Å²) < 4.78 is 6.11. The molecule has 2 rings (SSSR count). The number of carbonyl (C=O) groups is 1. The molecule has 0 aliphatic carbocycles. The van der Waals surface area contributed by atoms with Crippen LogP contribution in [0.2, 0.25) is 0 Å². The highest BCUT2D eigenvalue weighted by atomic mass is 127. The normalized spacial score (nSPS) is 16.2. The fourth-order valence-corrected chi connectivity index (χ4v) is 3.04. The second-order valence-corrected chi connectivity index (χ2v) is 5.97. The van der Waals surface area contributed by atoms with Gasteiger partial charge in [-0.05, 0) is 41.6 Å². The van der Waals surface area contributed by atoms with Crippen LogP contribution >= 0.6 is 22.6 Å². The number of amides is 1. The second kappa shape index (κ2) is 7.21. The third kappa shape index (κ3) is 3.41. The lowest BCUT2D eigenvalue weighted by atomic mass is 10.2. The van der Waals surface area contributed by atoms with Crippen LogP contribution < -0.4 is 4.74 Å². The highest BCUT2D eigenvalue weighted by Crippen LogP contribution is 2.23. The molecule has 1 amide bonds. The first kappa shape index (κ1) is 15.5. The zero-order chi connectivity index (χ0) is 14.5. The lowest BCUT2D eigenvalue weighted by molar-refractivity contribution is 0.0632. The number of hydrogen-bond donors (Lipinski definition) is 0. The number of hydrogen-bond acceptors (Lipinski definition) is 4. The van der Waals surface area contributed by atoms with Crippen LogP contribution in [0.5, 0.6) is 5.88 Å². The van der Waals surface area contributed by atoms with Crippen molar-refractivity contribution in [3.63, 3.8) is 0 Å². The zero-order valence-corrected chi connectivity index (χ0v) is 14.1.